The van der Waals surface area contributed by atoms with E-state index >= 15 is 0 Å². The molecule has 0 saturated carbocycles. The number of halogens is 1. The van der Waals surface area contributed by atoms with Gasteiger partial charge in [0.2, 0.25) is 0 Å². The molecule has 0 radical (unpaired) electrons. The molecule has 2 aromatic carbocycles. The van der Waals surface area contributed by atoms with Crippen molar-refractivity contribution >= 4 is 33.0 Å². The molecule has 0 atom stereocenters. The van der Waals surface area contributed by atoms with Crippen LogP contribution >= 0.6 is 15.9 Å². The molecule has 2 N–H and O–H groups in total. The van der Waals surface area contributed by atoms with E-state index < -0.39 is 0 Å². The summed E-state index contributed by atoms with van der Waals surface area (Å²) < 4.78 is 6.36. The van der Waals surface area contributed by atoms with Crippen LogP contribution in [0.4, 0.5) is 17.1 Å². The average Bonchev–Trinajstić information content (AvgIpc) is 2.42. The molecule has 0 aliphatic heterocycles. The Labute approximate surface area is 122 Å². The number of rotatable bonds is 3. The lowest BCUT2D eigenvalue weighted by atomic mass is 10.1. The van der Waals surface area contributed by atoms with Crippen LogP contribution in [-0.2, 0) is 0 Å². The standard InChI is InChI=1S/C15H17BrN2O/c1-10-8-14(11(16)9-12(10)17)18(2)13-6-4-5-7-15(13)19-3/h4-9H,17H2,1-3H3. The van der Waals surface area contributed by atoms with Crippen LogP contribution in [0.25, 0.3) is 0 Å². The van der Waals surface area contributed by atoms with Crippen molar-refractivity contribution in [2.75, 3.05) is 24.8 Å². The third-order valence-electron chi connectivity index (χ3n) is 3.14. The highest BCUT2D eigenvalue weighted by Crippen LogP contribution is 2.37. The zero-order valence-corrected chi connectivity index (χ0v) is 12.9. The zero-order chi connectivity index (χ0) is 14.0. The lowest BCUT2D eigenvalue weighted by Crippen LogP contribution is -2.12. The van der Waals surface area contributed by atoms with Crippen molar-refractivity contribution in [3.63, 3.8) is 0 Å². The molecule has 2 aromatic rings. The van der Waals surface area contributed by atoms with E-state index in [1.165, 1.54) is 0 Å². The molecule has 0 aliphatic rings. The first kappa shape index (κ1) is 13.7. The van der Waals surface area contributed by atoms with Crippen LogP contribution in [0.15, 0.2) is 40.9 Å². The molecule has 0 heterocycles. The molecular formula is C15H17BrN2O. The van der Waals surface area contributed by atoms with Crippen LogP contribution in [0, 0.1) is 6.92 Å². The van der Waals surface area contributed by atoms with Crippen molar-refractivity contribution in [2.24, 2.45) is 0 Å². The van der Waals surface area contributed by atoms with Crippen molar-refractivity contribution in [1.29, 1.82) is 0 Å². The predicted octanol–water partition coefficient (Wildman–Crippen LogP) is 4.12. The molecule has 0 amide bonds. The Bertz CT molecular complexity index is 599. The van der Waals surface area contributed by atoms with Gasteiger partial charge in [-0.05, 0) is 52.7 Å². The number of ether oxygens (including phenoxy) is 1. The Kier molecular flexibility index (Phi) is 4.00. The number of para-hydroxylation sites is 2. The van der Waals surface area contributed by atoms with E-state index in [9.17, 15) is 0 Å². The summed E-state index contributed by atoms with van der Waals surface area (Å²) in [7, 11) is 3.68. The van der Waals surface area contributed by atoms with Crippen LogP contribution in [0.5, 0.6) is 5.75 Å². The quantitative estimate of drug-likeness (QED) is 0.865. The minimum atomic E-state index is 0.782. The molecule has 3 nitrogen and oxygen atoms in total. The lowest BCUT2D eigenvalue weighted by Gasteiger charge is -2.23. The van der Waals surface area contributed by atoms with E-state index in [1.54, 1.807) is 7.11 Å². The molecule has 0 bridgehead atoms. The van der Waals surface area contributed by atoms with E-state index in [0.717, 1.165) is 32.8 Å². The molecular weight excluding hydrogens is 304 g/mol. The topological polar surface area (TPSA) is 38.5 Å². The molecule has 4 heteroatoms. The van der Waals surface area contributed by atoms with E-state index in [2.05, 4.69) is 26.9 Å². The number of methoxy groups -OCH3 is 1. The van der Waals surface area contributed by atoms with Gasteiger partial charge in [0.15, 0.2) is 0 Å². The zero-order valence-electron chi connectivity index (χ0n) is 11.3. The fourth-order valence-corrected chi connectivity index (χ4v) is 2.60. The molecule has 0 saturated heterocycles. The first-order valence-electron chi connectivity index (χ1n) is 5.97. The number of nitrogen functional groups attached to an aromatic ring is 1. The predicted molar refractivity (Wildman–Crippen MR) is 84.3 cm³/mol. The molecule has 0 spiro atoms. The monoisotopic (exact) mass is 320 g/mol. The Morgan fingerprint density at radius 1 is 1.16 bits per heavy atom. The van der Waals surface area contributed by atoms with E-state index in [0.29, 0.717) is 0 Å². The van der Waals surface area contributed by atoms with Gasteiger partial charge in [-0.1, -0.05) is 12.1 Å². The van der Waals surface area contributed by atoms with Crippen molar-refractivity contribution in [3.8, 4) is 5.75 Å². The smallest absolute Gasteiger partial charge is 0.142 e. The number of hydrogen-bond donors (Lipinski definition) is 1. The summed E-state index contributed by atoms with van der Waals surface area (Å²) in [5.41, 5.74) is 9.81. The second-order valence-corrected chi connectivity index (χ2v) is 5.25. The summed E-state index contributed by atoms with van der Waals surface area (Å²) >= 11 is 3.56. The van der Waals surface area contributed by atoms with Gasteiger partial charge in [0.05, 0.1) is 18.5 Å². The number of aryl methyl sites for hydroxylation is 1. The Balaban J connectivity index is 2.50. The minimum absolute atomic E-state index is 0.782. The maximum absolute atomic E-state index is 5.91. The van der Waals surface area contributed by atoms with Crippen LogP contribution in [-0.4, -0.2) is 14.2 Å². The third kappa shape index (κ3) is 2.68. The van der Waals surface area contributed by atoms with Crippen molar-refractivity contribution < 1.29 is 4.74 Å². The van der Waals surface area contributed by atoms with Gasteiger partial charge in [0, 0.05) is 17.2 Å². The second-order valence-electron chi connectivity index (χ2n) is 4.39. The molecule has 0 unspecified atom stereocenters. The number of benzene rings is 2. The van der Waals surface area contributed by atoms with E-state index in [4.69, 9.17) is 10.5 Å². The van der Waals surface area contributed by atoms with Gasteiger partial charge in [-0.15, -0.1) is 0 Å². The normalized spacial score (nSPS) is 10.3. The van der Waals surface area contributed by atoms with Crippen molar-refractivity contribution in [1.82, 2.24) is 0 Å². The number of anilines is 3. The first-order valence-corrected chi connectivity index (χ1v) is 6.76. The van der Waals surface area contributed by atoms with Crippen molar-refractivity contribution in [2.45, 2.75) is 6.92 Å². The van der Waals surface area contributed by atoms with Crippen LogP contribution in [0.3, 0.4) is 0 Å². The Morgan fingerprint density at radius 3 is 2.53 bits per heavy atom. The minimum Gasteiger partial charge on any atom is -0.495 e. The van der Waals surface area contributed by atoms with Crippen molar-refractivity contribution in [3.05, 3.63) is 46.4 Å². The highest BCUT2D eigenvalue weighted by molar-refractivity contribution is 9.10. The summed E-state index contributed by atoms with van der Waals surface area (Å²) in [5, 5.41) is 0. The summed E-state index contributed by atoms with van der Waals surface area (Å²) in [6, 6.07) is 11.9. The molecule has 2 rings (SSSR count). The van der Waals surface area contributed by atoms with Gasteiger partial charge < -0.3 is 15.4 Å². The number of hydrogen-bond acceptors (Lipinski definition) is 3. The van der Waals surface area contributed by atoms with Crippen LogP contribution in [0.2, 0.25) is 0 Å². The maximum Gasteiger partial charge on any atom is 0.142 e. The summed E-state index contributed by atoms with van der Waals surface area (Å²) in [4.78, 5) is 2.08. The first-order chi connectivity index (χ1) is 9.04. The van der Waals surface area contributed by atoms with Crippen LogP contribution in [0.1, 0.15) is 5.56 Å². The van der Waals surface area contributed by atoms with E-state index in [-0.39, 0.29) is 0 Å². The van der Waals surface area contributed by atoms with Gasteiger partial charge in [0.1, 0.15) is 5.75 Å². The highest BCUT2D eigenvalue weighted by atomic mass is 79.9. The van der Waals surface area contributed by atoms with E-state index in [1.807, 2.05) is 44.3 Å². The highest BCUT2D eigenvalue weighted by Gasteiger charge is 2.13. The SMILES string of the molecule is COc1ccccc1N(C)c1cc(C)c(N)cc1Br. The summed E-state index contributed by atoms with van der Waals surface area (Å²) in [5.74, 6) is 0.839. The molecule has 0 aliphatic carbocycles. The summed E-state index contributed by atoms with van der Waals surface area (Å²) in [6.45, 7) is 2.00. The maximum atomic E-state index is 5.91. The van der Waals surface area contributed by atoms with Gasteiger partial charge in [-0.25, -0.2) is 0 Å². The second kappa shape index (κ2) is 5.53. The van der Waals surface area contributed by atoms with Gasteiger partial charge in [0.25, 0.3) is 0 Å². The molecule has 100 valence electrons. The molecule has 0 fully saturated rings. The number of nitrogens with zero attached hydrogens (tertiary/aromatic N) is 1. The van der Waals surface area contributed by atoms with Gasteiger partial charge in [-0.3, -0.25) is 0 Å². The lowest BCUT2D eigenvalue weighted by molar-refractivity contribution is 0.415. The fourth-order valence-electron chi connectivity index (χ4n) is 1.98. The Morgan fingerprint density at radius 2 is 1.84 bits per heavy atom. The summed E-state index contributed by atoms with van der Waals surface area (Å²) in [6.07, 6.45) is 0. The fraction of sp³-hybridized carbons (Fsp3) is 0.200. The number of nitrogens with two attached hydrogens (primary N) is 1. The largest absolute Gasteiger partial charge is 0.495 e. The molecule has 19 heavy (non-hydrogen) atoms. The van der Waals surface area contributed by atoms with Gasteiger partial charge >= 0.3 is 0 Å². The Hall–Kier alpha value is -1.68. The average molecular weight is 321 g/mol. The third-order valence-corrected chi connectivity index (χ3v) is 3.78. The molecule has 0 aromatic heterocycles. The van der Waals surface area contributed by atoms with Crippen LogP contribution < -0.4 is 15.4 Å². The van der Waals surface area contributed by atoms with Gasteiger partial charge in [-0.2, -0.15) is 0 Å².